The summed E-state index contributed by atoms with van der Waals surface area (Å²) in [5.74, 6) is 1.11. The van der Waals surface area contributed by atoms with Gasteiger partial charge < -0.3 is 14.5 Å². The van der Waals surface area contributed by atoms with Gasteiger partial charge in [0.1, 0.15) is 5.58 Å². The smallest absolute Gasteiger partial charge is 0.162 e. The van der Waals surface area contributed by atoms with Crippen LogP contribution in [0, 0.1) is 30.7 Å². The van der Waals surface area contributed by atoms with E-state index in [1.54, 1.807) is 0 Å². The van der Waals surface area contributed by atoms with E-state index in [9.17, 15) is 9.90 Å². The van der Waals surface area contributed by atoms with Crippen molar-refractivity contribution in [2.75, 3.05) is 0 Å². The monoisotopic (exact) mass is 809 g/mol. The Hall–Kier alpha value is -3.27. The van der Waals surface area contributed by atoms with Gasteiger partial charge in [0.05, 0.1) is 11.3 Å². The van der Waals surface area contributed by atoms with E-state index in [1.807, 2.05) is 46.0 Å². The molecule has 0 bridgehead atoms. The number of carbonyl (C=O) groups is 1. The summed E-state index contributed by atoms with van der Waals surface area (Å²) in [5, 5.41) is 14.6. The molecule has 1 aliphatic rings. The molecule has 6 rings (SSSR count). The zero-order valence-corrected chi connectivity index (χ0v) is 31.9. The molecule has 1 aliphatic carbocycles. The first-order valence-electron chi connectivity index (χ1n) is 17.2. The molecule has 1 N–H and O–H groups in total. The molecule has 5 aromatic rings. The van der Waals surface area contributed by atoms with E-state index >= 15 is 0 Å². The van der Waals surface area contributed by atoms with Crippen LogP contribution in [0.1, 0.15) is 103 Å². The minimum absolute atomic E-state index is 0. The molecule has 0 amide bonds. The number of rotatable bonds is 9. The predicted molar refractivity (Wildman–Crippen MR) is 193 cm³/mol. The number of aliphatic hydroxyl groups excluding tert-OH is 1. The van der Waals surface area contributed by atoms with E-state index in [4.69, 9.17) is 9.40 Å². The van der Waals surface area contributed by atoms with Crippen LogP contribution in [0.2, 0.25) is 0 Å². The molecule has 0 unspecified atom stereocenters. The normalized spacial score (nSPS) is 13.7. The van der Waals surface area contributed by atoms with Crippen molar-refractivity contribution in [1.82, 2.24) is 4.98 Å². The van der Waals surface area contributed by atoms with E-state index in [0.717, 1.165) is 59.9 Å². The Balaban J connectivity index is 0.000000269. The van der Waals surface area contributed by atoms with Crippen LogP contribution in [0.4, 0.5) is 0 Å². The van der Waals surface area contributed by atoms with Crippen molar-refractivity contribution in [1.29, 1.82) is 0 Å². The minimum Gasteiger partial charge on any atom is -0.512 e. The van der Waals surface area contributed by atoms with Gasteiger partial charge in [0, 0.05) is 49.6 Å². The summed E-state index contributed by atoms with van der Waals surface area (Å²) in [6.07, 6.45) is 7.92. The third kappa shape index (κ3) is 6.85. The molecular formula is C42H50IrNO3-. The van der Waals surface area contributed by atoms with Crippen molar-refractivity contribution in [3.63, 3.8) is 0 Å². The van der Waals surface area contributed by atoms with Crippen molar-refractivity contribution in [3.05, 3.63) is 88.8 Å². The second-order valence-electron chi connectivity index (χ2n) is 14.0. The van der Waals surface area contributed by atoms with Crippen molar-refractivity contribution in [2.45, 2.75) is 99.8 Å². The summed E-state index contributed by atoms with van der Waals surface area (Å²) < 4.78 is 6.51. The molecule has 0 saturated carbocycles. The fourth-order valence-corrected chi connectivity index (χ4v) is 7.28. The molecule has 0 fully saturated rings. The Bertz CT molecular complexity index is 1920. The van der Waals surface area contributed by atoms with Gasteiger partial charge in [-0.05, 0) is 83.5 Å². The molecule has 5 heteroatoms. The third-order valence-corrected chi connectivity index (χ3v) is 9.95. The van der Waals surface area contributed by atoms with Crippen LogP contribution in [0.15, 0.2) is 64.9 Å². The summed E-state index contributed by atoms with van der Waals surface area (Å²) in [6, 6.07) is 18.8. The summed E-state index contributed by atoms with van der Waals surface area (Å²) >= 11 is 0. The Morgan fingerprint density at radius 2 is 1.66 bits per heavy atom. The van der Waals surface area contributed by atoms with Gasteiger partial charge in [0.2, 0.25) is 0 Å². The van der Waals surface area contributed by atoms with Gasteiger partial charge in [-0.15, -0.1) is 17.7 Å². The van der Waals surface area contributed by atoms with Crippen molar-refractivity contribution in [3.8, 4) is 11.3 Å². The predicted octanol–water partition coefficient (Wildman–Crippen LogP) is 11.6. The number of hydrogen-bond acceptors (Lipinski definition) is 4. The molecule has 0 saturated heterocycles. The Morgan fingerprint density at radius 3 is 2.30 bits per heavy atom. The van der Waals surface area contributed by atoms with Crippen molar-refractivity contribution < 1.29 is 34.4 Å². The number of ketones is 1. The van der Waals surface area contributed by atoms with Crippen LogP contribution in [0.25, 0.3) is 44.0 Å². The summed E-state index contributed by atoms with van der Waals surface area (Å²) in [7, 11) is 0. The zero-order valence-electron chi connectivity index (χ0n) is 29.5. The van der Waals surface area contributed by atoms with E-state index in [-0.39, 0.29) is 48.9 Å². The van der Waals surface area contributed by atoms with E-state index < -0.39 is 0 Å². The molecule has 47 heavy (non-hydrogen) atoms. The Morgan fingerprint density at radius 1 is 0.979 bits per heavy atom. The van der Waals surface area contributed by atoms with Crippen LogP contribution >= 0.6 is 0 Å². The van der Waals surface area contributed by atoms with Gasteiger partial charge >= 0.3 is 0 Å². The first-order chi connectivity index (χ1) is 22.0. The van der Waals surface area contributed by atoms with Crippen molar-refractivity contribution in [2.24, 2.45) is 17.8 Å². The number of hydrogen-bond donors (Lipinski definition) is 1. The molecule has 0 atom stereocenters. The number of benzene rings is 3. The minimum atomic E-state index is -0.228. The summed E-state index contributed by atoms with van der Waals surface area (Å²) in [5.41, 5.74) is 8.96. The number of nitrogens with zero attached hydrogens (tertiary/aromatic N) is 1. The van der Waals surface area contributed by atoms with Crippen LogP contribution in [0.5, 0.6) is 0 Å². The molecule has 2 aromatic heterocycles. The van der Waals surface area contributed by atoms with Gasteiger partial charge in [-0.1, -0.05) is 103 Å². The molecule has 4 nitrogen and oxygen atoms in total. The van der Waals surface area contributed by atoms with Gasteiger partial charge in [0.25, 0.3) is 0 Å². The second-order valence-corrected chi connectivity index (χ2v) is 14.0. The standard InChI is InChI=1S/C29H26NO.C13H24O2.Ir/c1-16(2)13-18-11-12-22-25-24-20(7-6-8-23(24)31-28(18)25)27-26(29(22,4)5)21-14-17(3)9-10-19(21)15-30-27;1-5-10(6-2)12(14)9-13(15)11(7-3)8-4;/h6,8-12,14-16H,13H2,1-5H3;9-11,14H,5-8H2,1-4H3;/q-1;;/b;12-9-;. The zero-order chi connectivity index (χ0) is 33.3. The molecular weight excluding hydrogens is 759 g/mol. The van der Waals surface area contributed by atoms with E-state index in [2.05, 4.69) is 71.0 Å². The third-order valence-electron chi connectivity index (χ3n) is 9.95. The number of allylic oxidation sites excluding steroid dienone is 2. The van der Waals surface area contributed by atoms with Crippen LogP contribution in [0.3, 0.4) is 0 Å². The van der Waals surface area contributed by atoms with Crippen molar-refractivity contribution >= 4 is 38.5 Å². The fraction of sp³-hybridized carbons (Fsp3) is 0.429. The summed E-state index contributed by atoms with van der Waals surface area (Å²) in [6.45, 7) is 19.4. The number of pyridine rings is 1. The average molecular weight is 809 g/mol. The van der Waals surface area contributed by atoms with E-state index in [0.29, 0.717) is 5.92 Å². The maximum absolute atomic E-state index is 11.7. The quantitative estimate of drug-likeness (QED) is 0.0915. The van der Waals surface area contributed by atoms with Crippen LogP contribution in [-0.4, -0.2) is 15.9 Å². The molecule has 0 aliphatic heterocycles. The maximum atomic E-state index is 11.7. The number of carbonyl (C=O) groups excluding carboxylic acids is 1. The molecule has 3 aromatic carbocycles. The number of furan rings is 1. The van der Waals surface area contributed by atoms with Gasteiger partial charge in [0.15, 0.2) is 5.78 Å². The van der Waals surface area contributed by atoms with E-state index in [1.165, 1.54) is 44.5 Å². The van der Waals surface area contributed by atoms with Crippen LogP contribution < -0.4 is 0 Å². The van der Waals surface area contributed by atoms with Gasteiger partial charge in [-0.25, -0.2) is 0 Å². The number of aliphatic hydroxyl groups is 1. The SMILES string of the molecule is CCC(CC)C(=O)/C=C(\O)C(CC)CC.Cc1ccc2cnc3c(c2c1)C(C)(C)c1ccc(CC(C)C)c2oc4cc[c-]c-3c4c12.[Ir]. The van der Waals surface area contributed by atoms with Crippen LogP contribution in [-0.2, 0) is 36.7 Å². The number of aromatic nitrogens is 1. The first-order valence-corrected chi connectivity index (χ1v) is 17.2. The number of fused-ring (bicyclic) bond motifs is 4. The van der Waals surface area contributed by atoms with Gasteiger partial charge in [-0.2, -0.15) is 0 Å². The average Bonchev–Trinajstić information content (AvgIpc) is 3.38. The largest absolute Gasteiger partial charge is 0.512 e. The topological polar surface area (TPSA) is 63.3 Å². The fourth-order valence-electron chi connectivity index (χ4n) is 7.28. The Labute approximate surface area is 294 Å². The maximum Gasteiger partial charge on any atom is 0.162 e. The molecule has 2 heterocycles. The second kappa shape index (κ2) is 14.9. The molecule has 251 valence electrons. The summed E-state index contributed by atoms with van der Waals surface area (Å²) in [4.78, 5) is 16.7. The Kier molecular flexibility index (Phi) is 11.6. The first kappa shape index (κ1) is 36.6. The number of aryl methyl sites for hydroxylation is 1. The van der Waals surface area contributed by atoms with Gasteiger partial charge in [-0.3, -0.25) is 4.79 Å². The molecule has 0 spiro atoms. The molecule has 1 radical (unpaired) electrons.